The summed E-state index contributed by atoms with van der Waals surface area (Å²) in [6, 6.07) is 3.63. The summed E-state index contributed by atoms with van der Waals surface area (Å²) in [5.41, 5.74) is 0.675. The minimum atomic E-state index is 0.125. The highest BCUT2D eigenvalue weighted by Gasteiger charge is 2.09. The molecule has 0 aliphatic heterocycles. The van der Waals surface area contributed by atoms with Crippen molar-refractivity contribution in [3.8, 4) is 0 Å². The molecule has 0 unspecified atom stereocenters. The number of ketones is 1. The molecule has 0 aliphatic carbocycles. The number of nitrogens with zero attached hydrogens (tertiary/aromatic N) is 1. The van der Waals surface area contributed by atoms with Gasteiger partial charge in [-0.05, 0) is 25.6 Å². The van der Waals surface area contributed by atoms with E-state index in [0.717, 1.165) is 19.6 Å². The molecular formula is C11H18N2O2. The fraction of sp³-hybridized carbons (Fsp3) is 0.545. The van der Waals surface area contributed by atoms with E-state index in [9.17, 15) is 4.79 Å². The van der Waals surface area contributed by atoms with Crippen molar-refractivity contribution >= 4 is 5.78 Å². The van der Waals surface area contributed by atoms with Crippen LogP contribution < -0.4 is 0 Å². The zero-order valence-corrected chi connectivity index (χ0v) is 9.32. The van der Waals surface area contributed by atoms with Crippen LogP contribution in [0.3, 0.4) is 0 Å². The quantitative estimate of drug-likeness (QED) is 0.542. The lowest BCUT2D eigenvalue weighted by Crippen LogP contribution is -2.27. The van der Waals surface area contributed by atoms with Crippen molar-refractivity contribution in [3.05, 3.63) is 24.0 Å². The molecule has 15 heavy (non-hydrogen) atoms. The molecule has 1 N–H and O–H groups in total. The lowest BCUT2D eigenvalue weighted by Gasteiger charge is -2.14. The van der Waals surface area contributed by atoms with E-state index in [-0.39, 0.29) is 5.78 Å². The first-order valence-corrected chi connectivity index (χ1v) is 5.08. The van der Waals surface area contributed by atoms with Gasteiger partial charge in [0.25, 0.3) is 0 Å². The van der Waals surface area contributed by atoms with Gasteiger partial charge in [-0.25, -0.2) is 0 Å². The van der Waals surface area contributed by atoms with Gasteiger partial charge < -0.3 is 9.72 Å². The molecule has 1 aromatic rings. The molecule has 0 amide bonds. The van der Waals surface area contributed by atoms with Crippen LogP contribution in [0, 0.1) is 0 Å². The van der Waals surface area contributed by atoms with E-state index in [1.54, 1.807) is 19.4 Å². The number of carbonyl (C=O) groups excluding carboxylic acids is 1. The number of aromatic amines is 1. The van der Waals surface area contributed by atoms with Crippen molar-refractivity contribution in [3.63, 3.8) is 0 Å². The van der Waals surface area contributed by atoms with E-state index < -0.39 is 0 Å². The van der Waals surface area contributed by atoms with Gasteiger partial charge in [0, 0.05) is 26.5 Å². The van der Waals surface area contributed by atoms with Crippen LogP contribution in [0.1, 0.15) is 16.9 Å². The fourth-order valence-electron chi connectivity index (χ4n) is 1.39. The molecule has 0 spiro atoms. The van der Waals surface area contributed by atoms with Crippen molar-refractivity contribution in [2.75, 3.05) is 33.9 Å². The van der Waals surface area contributed by atoms with Gasteiger partial charge in [-0.2, -0.15) is 0 Å². The maximum absolute atomic E-state index is 11.6. The Morgan fingerprint density at radius 3 is 3.00 bits per heavy atom. The third kappa shape index (κ3) is 4.27. The summed E-state index contributed by atoms with van der Waals surface area (Å²) in [5, 5.41) is 0. The van der Waals surface area contributed by atoms with Crippen LogP contribution in [-0.4, -0.2) is 49.5 Å². The Balaban J connectivity index is 2.26. The van der Waals surface area contributed by atoms with Gasteiger partial charge in [0.15, 0.2) is 5.78 Å². The number of rotatable bonds is 7. The maximum Gasteiger partial charge on any atom is 0.192 e. The van der Waals surface area contributed by atoms with Gasteiger partial charge in [0.05, 0.1) is 12.2 Å². The van der Waals surface area contributed by atoms with E-state index >= 15 is 0 Å². The zero-order valence-electron chi connectivity index (χ0n) is 9.32. The third-order valence-corrected chi connectivity index (χ3v) is 2.20. The zero-order chi connectivity index (χ0) is 11.1. The van der Waals surface area contributed by atoms with Crippen molar-refractivity contribution in [2.24, 2.45) is 0 Å². The normalized spacial score (nSPS) is 10.9. The minimum Gasteiger partial charge on any atom is -0.385 e. The Labute approximate surface area is 90.2 Å². The second-order valence-corrected chi connectivity index (χ2v) is 3.59. The molecule has 0 bridgehead atoms. The summed E-state index contributed by atoms with van der Waals surface area (Å²) in [6.07, 6.45) is 2.71. The highest BCUT2D eigenvalue weighted by atomic mass is 16.5. The lowest BCUT2D eigenvalue weighted by atomic mass is 10.2. The van der Waals surface area contributed by atoms with Crippen LogP contribution in [0.2, 0.25) is 0 Å². The highest BCUT2D eigenvalue weighted by molar-refractivity contribution is 5.95. The minimum absolute atomic E-state index is 0.125. The SMILES string of the molecule is COCCCN(C)CC(=O)c1ccc[nH]1. The molecule has 1 aromatic heterocycles. The summed E-state index contributed by atoms with van der Waals surface area (Å²) >= 11 is 0. The van der Waals surface area contributed by atoms with Crippen molar-refractivity contribution in [1.82, 2.24) is 9.88 Å². The van der Waals surface area contributed by atoms with Gasteiger partial charge >= 0.3 is 0 Å². The fourth-order valence-corrected chi connectivity index (χ4v) is 1.39. The number of H-pyrrole nitrogens is 1. The van der Waals surface area contributed by atoms with E-state index in [1.165, 1.54) is 0 Å². The molecular weight excluding hydrogens is 192 g/mol. The summed E-state index contributed by atoms with van der Waals surface area (Å²) in [7, 11) is 3.63. The van der Waals surface area contributed by atoms with E-state index in [1.807, 2.05) is 18.0 Å². The molecule has 0 saturated carbocycles. The highest BCUT2D eigenvalue weighted by Crippen LogP contribution is 1.98. The molecule has 1 rings (SSSR count). The van der Waals surface area contributed by atoms with E-state index in [2.05, 4.69) is 4.98 Å². The van der Waals surface area contributed by atoms with E-state index in [0.29, 0.717) is 12.2 Å². The average molecular weight is 210 g/mol. The topological polar surface area (TPSA) is 45.3 Å². The van der Waals surface area contributed by atoms with Crippen LogP contribution in [0.15, 0.2) is 18.3 Å². The molecule has 1 heterocycles. The van der Waals surface area contributed by atoms with Gasteiger partial charge in [-0.15, -0.1) is 0 Å². The van der Waals surface area contributed by atoms with Crippen molar-refractivity contribution < 1.29 is 9.53 Å². The molecule has 0 atom stereocenters. The van der Waals surface area contributed by atoms with Crippen LogP contribution in [0.5, 0.6) is 0 Å². The number of methoxy groups -OCH3 is 1. The molecule has 0 radical (unpaired) electrons. The van der Waals surface area contributed by atoms with Gasteiger partial charge in [0.2, 0.25) is 0 Å². The predicted octanol–water partition coefficient (Wildman–Crippen LogP) is 1.17. The molecule has 0 aromatic carbocycles. The van der Waals surface area contributed by atoms with Gasteiger partial charge in [0.1, 0.15) is 0 Å². The average Bonchev–Trinajstić information content (AvgIpc) is 2.70. The molecule has 0 fully saturated rings. The molecule has 0 aliphatic rings. The smallest absolute Gasteiger partial charge is 0.192 e. The van der Waals surface area contributed by atoms with Crippen LogP contribution in [-0.2, 0) is 4.74 Å². The Kier molecular flexibility index (Phi) is 5.07. The number of likely N-dealkylation sites (N-methyl/N-ethyl adjacent to an activating group) is 1. The Morgan fingerprint density at radius 1 is 1.60 bits per heavy atom. The second-order valence-electron chi connectivity index (χ2n) is 3.59. The largest absolute Gasteiger partial charge is 0.385 e. The number of aromatic nitrogens is 1. The number of ether oxygens (including phenoxy) is 1. The van der Waals surface area contributed by atoms with Crippen LogP contribution in [0.4, 0.5) is 0 Å². The number of carbonyl (C=O) groups is 1. The Morgan fingerprint density at radius 2 is 2.40 bits per heavy atom. The Hall–Kier alpha value is -1.13. The molecule has 4 heteroatoms. The summed E-state index contributed by atoms with van der Waals surface area (Å²) in [5.74, 6) is 0.125. The van der Waals surface area contributed by atoms with Crippen LogP contribution in [0.25, 0.3) is 0 Å². The van der Waals surface area contributed by atoms with Crippen molar-refractivity contribution in [1.29, 1.82) is 0 Å². The monoisotopic (exact) mass is 210 g/mol. The number of Topliss-reactive ketones (excluding diaryl/α,β-unsaturated/α-hetero) is 1. The lowest BCUT2D eigenvalue weighted by molar-refractivity contribution is 0.0934. The number of hydrogen-bond acceptors (Lipinski definition) is 3. The predicted molar refractivity (Wildman–Crippen MR) is 59.1 cm³/mol. The summed E-state index contributed by atoms with van der Waals surface area (Å²) in [4.78, 5) is 16.6. The standard InChI is InChI=1S/C11H18N2O2/c1-13(7-4-8-15-2)9-11(14)10-5-3-6-12-10/h3,5-6,12H,4,7-9H2,1-2H3. The summed E-state index contributed by atoms with van der Waals surface area (Å²) < 4.78 is 4.95. The summed E-state index contributed by atoms with van der Waals surface area (Å²) in [6.45, 7) is 2.06. The molecule has 84 valence electrons. The third-order valence-electron chi connectivity index (χ3n) is 2.20. The van der Waals surface area contributed by atoms with Crippen LogP contribution >= 0.6 is 0 Å². The number of hydrogen-bond donors (Lipinski definition) is 1. The molecule has 0 saturated heterocycles. The maximum atomic E-state index is 11.6. The first-order valence-electron chi connectivity index (χ1n) is 5.08. The Bertz CT molecular complexity index is 283. The first-order chi connectivity index (χ1) is 7.24. The van der Waals surface area contributed by atoms with Crippen molar-refractivity contribution in [2.45, 2.75) is 6.42 Å². The second kappa shape index (κ2) is 6.37. The first kappa shape index (κ1) is 11.9. The number of nitrogens with one attached hydrogen (secondary N) is 1. The van der Waals surface area contributed by atoms with Gasteiger partial charge in [-0.3, -0.25) is 9.69 Å². The van der Waals surface area contributed by atoms with E-state index in [4.69, 9.17) is 4.74 Å². The molecule has 4 nitrogen and oxygen atoms in total. The van der Waals surface area contributed by atoms with Gasteiger partial charge in [-0.1, -0.05) is 0 Å².